The maximum absolute atomic E-state index is 12.7. The van der Waals surface area contributed by atoms with E-state index in [1.165, 1.54) is 19.2 Å². The van der Waals surface area contributed by atoms with Gasteiger partial charge in [-0.25, -0.2) is 4.39 Å². The Labute approximate surface area is 92.9 Å². The lowest BCUT2D eigenvalue weighted by molar-refractivity contribution is -0.143. The Bertz CT molecular complexity index is 425. The number of hydrogen-bond acceptors (Lipinski definition) is 3. The third kappa shape index (κ3) is 2.05. The number of carbonyl (C=O) groups is 1. The van der Waals surface area contributed by atoms with Crippen molar-refractivity contribution in [1.82, 2.24) is 5.32 Å². The normalized spacial score (nSPS) is 18.9. The van der Waals surface area contributed by atoms with Gasteiger partial charge in [0.25, 0.3) is 0 Å². The molecule has 0 spiro atoms. The van der Waals surface area contributed by atoms with Crippen molar-refractivity contribution >= 4 is 11.7 Å². The van der Waals surface area contributed by atoms with Crippen LogP contribution in [0.4, 0.5) is 4.39 Å². The molecule has 0 aliphatic carbocycles. The topological polar surface area (TPSA) is 38.3 Å². The molecule has 0 aromatic heterocycles. The molecule has 0 saturated heterocycles. The molecule has 3 nitrogen and oxygen atoms in total. The third-order valence-corrected chi connectivity index (χ3v) is 2.54. The van der Waals surface area contributed by atoms with Gasteiger partial charge < -0.3 is 10.1 Å². The average molecular weight is 221 g/mol. The number of carbonyl (C=O) groups excluding carboxylic acids is 1. The Morgan fingerprint density at radius 3 is 2.75 bits per heavy atom. The first-order valence-electron chi connectivity index (χ1n) is 5.00. The molecule has 2 rings (SSSR count). The van der Waals surface area contributed by atoms with Gasteiger partial charge in [-0.05, 0) is 23.8 Å². The predicted octanol–water partition coefficient (Wildman–Crippen LogP) is 1.56. The molecular weight excluding hydrogens is 209 g/mol. The van der Waals surface area contributed by atoms with Crippen molar-refractivity contribution in [2.24, 2.45) is 5.92 Å². The van der Waals surface area contributed by atoms with E-state index in [1.54, 1.807) is 18.2 Å². The first kappa shape index (κ1) is 10.7. The molecule has 1 atom stereocenters. The fraction of sp³-hybridized carbons (Fsp3) is 0.250. The molecule has 0 saturated carbocycles. The van der Waals surface area contributed by atoms with Crippen molar-refractivity contribution in [1.29, 1.82) is 0 Å². The van der Waals surface area contributed by atoms with E-state index in [4.69, 9.17) is 0 Å². The number of esters is 1. The zero-order valence-corrected chi connectivity index (χ0v) is 8.87. The zero-order chi connectivity index (χ0) is 11.5. The summed E-state index contributed by atoms with van der Waals surface area (Å²) in [6, 6.07) is 6.13. The van der Waals surface area contributed by atoms with Gasteiger partial charge in [-0.1, -0.05) is 12.1 Å². The second kappa shape index (κ2) is 4.35. The molecule has 1 unspecified atom stereocenters. The number of rotatable bonds is 2. The summed E-state index contributed by atoms with van der Waals surface area (Å²) in [7, 11) is 1.37. The maximum Gasteiger partial charge on any atom is 0.314 e. The van der Waals surface area contributed by atoms with Crippen molar-refractivity contribution in [2.75, 3.05) is 13.7 Å². The lowest BCUT2D eigenvalue weighted by Gasteiger charge is -2.03. The Hall–Kier alpha value is -1.84. The molecule has 0 amide bonds. The van der Waals surface area contributed by atoms with Crippen molar-refractivity contribution in [2.45, 2.75) is 0 Å². The highest BCUT2D eigenvalue weighted by Gasteiger charge is 2.23. The minimum atomic E-state index is -0.271. The maximum atomic E-state index is 12.7. The van der Waals surface area contributed by atoms with Crippen LogP contribution in [0, 0.1) is 11.7 Å². The lowest BCUT2D eigenvalue weighted by Crippen LogP contribution is -2.20. The Morgan fingerprint density at radius 1 is 1.44 bits per heavy atom. The lowest BCUT2D eigenvalue weighted by atomic mass is 10.1. The van der Waals surface area contributed by atoms with Gasteiger partial charge in [-0.2, -0.15) is 0 Å². The fourth-order valence-corrected chi connectivity index (χ4v) is 1.67. The first-order valence-corrected chi connectivity index (χ1v) is 5.00. The number of halogens is 1. The molecule has 16 heavy (non-hydrogen) atoms. The number of hydrogen-bond donors (Lipinski definition) is 1. The fourth-order valence-electron chi connectivity index (χ4n) is 1.67. The second-order valence-electron chi connectivity index (χ2n) is 3.60. The highest BCUT2D eigenvalue weighted by atomic mass is 19.1. The van der Waals surface area contributed by atoms with Gasteiger partial charge in [0.15, 0.2) is 0 Å². The number of benzene rings is 1. The van der Waals surface area contributed by atoms with Crippen LogP contribution in [0.1, 0.15) is 5.56 Å². The molecule has 0 bridgehead atoms. The highest BCUT2D eigenvalue weighted by Crippen LogP contribution is 2.20. The van der Waals surface area contributed by atoms with Gasteiger partial charge in [0.05, 0.1) is 13.0 Å². The summed E-state index contributed by atoms with van der Waals surface area (Å²) in [4.78, 5) is 11.3. The summed E-state index contributed by atoms with van der Waals surface area (Å²) in [5.74, 6) is -0.790. The molecule has 4 heteroatoms. The van der Waals surface area contributed by atoms with E-state index in [2.05, 4.69) is 10.1 Å². The van der Waals surface area contributed by atoms with Crippen molar-refractivity contribution in [3.05, 3.63) is 41.7 Å². The van der Waals surface area contributed by atoms with E-state index < -0.39 is 0 Å². The summed E-state index contributed by atoms with van der Waals surface area (Å²) < 4.78 is 17.4. The molecular formula is C12H12FNO2. The van der Waals surface area contributed by atoms with Crippen molar-refractivity contribution < 1.29 is 13.9 Å². The van der Waals surface area contributed by atoms with Crippen LogP contribution in [0.25, 0.3) is 5.70 Å². The van der Waals surface area contributed by atoms with Crippen molar-refractivity contribution in [3.8, 4) is 0 Å². The minimum absolute atomic E-state index is 0.259. The van der Waals surface area contributed by atoms with E-state index in [9.17, 15) is 9.18 Å². The van der Waals surface area contributed by atoms with Crippen LogP contribution in [-0.2, 0) is 9.53 Å². The van der Waals surface area contributed by atoms with Crippen LogP contribution in [0.5, 0.6) is 0 Å². The smallest absolute Gasteiger partial charge is 0.314 e. The molecule has 84 valence electrons. The summed E-state index contributed by atoms with van der Waals surface area (Å²) in [6.45, 7) is 0.527. The molecule has 1 aromatic rings. The SMILES string of the molecule is COC(=O)C1C=C(c2ccc(F)cc2)NC1. The second-order valence-corrected chi connectivity index (χ2v) is 3.60. The summed E-state index contributed by atoms with van der Waals surface area (Å²) in [5.41, 5.74) is 1.71. The summed E-state index contributed by atoms with van der Waals surface area (Å²) >= 11 is 0. The number of methoxy groups -OCH3 is 1. The van der Waals surface area contributed by atoms with E-state index in [1.807, 2.05) is 0 Å². The molecule has 1 aliphatic rings. The highest BCUT2D eigenvalue weighted by molar-refractivity contribution is 5.80. The van der Waals surface area contributed by atoms with Gasteiger partial charge in [0, 0.05) is 12.2 Å². The molecule has 1 aromatic carbocycles. The molecule has 0 fully saturated rings. The van der Waals surface area contributed by atoms with Gasteiger partial charge in [-0.3, -0.25) is 4.79 Å². The summed E-state index contributed by atoms with van der Waals surface area (Å²) in [5, 5.41) is 3.10. The standard InChI is InChI=1S/C12H12FNO2/c1-16-12(15)9-6-11(14-7-9)8-2-4-10(13)5-3-8/h2-6,9,14H,7H2,1H3. The van der Waals surface area contributed by atoms with Gasteiger partial charge >= 0.3 is 5.97 Å². The Balaban J connectivity index is 2.17. The van der Waals surface area contributed by atoms with Crippen LogP contribution in [0.2, 0.25) is 0 Å². The van der Waals surface area contributed by atoms with Gasteiger partial charge in [0.1, 0.15) is 5.82 Å². The molecule has 1 heterocycles. The minimum Gasteiger partial charge on any atom is -0.469 e. The third-order valence-electron chi connectivity index (χ3n) is 2.54. The van der Waals surface area contributed by atoms with E-state index in [0.29, 0.717) is 6.54 Å². The van der Waals surface area contributed by atoms with Gasteiger partial charge in [0.2, 0.25) is 0 Å². The van der Waals surface area contributed by atoms with Crippen LogP contribution in [-0.4, -0.2) is 19.6 Å². The summed E-state index contributed by atoms with van der Waals surface area (Å²) in [6.07, 6.45) is 1.80. The molecule has 1 N–H and O–H groups in total. The Morgan fingerprint density at radius 2 is 2.12 bits per heavy atom. The van der Waals surface area contributed by atoms with Crippen LogP contribution in [0.3, 0.4) is 0 Å². The molecule has 1 aliphatic heterocycles. The van der Waals surface area contributed by atoms with E-state index in [-0.39, 0.29) is 17.7 Å². The Kier molecular flexibility index (Phi) is 2.90. The van der Waals surface area contributed by atoms with E-state index in [0.717, 1.165) is 11.3 Å². The van der Waals surface area contributed by atoms with Crippen LogP contribution in [0.15, 0.2) is 30.3 Å². The predicted molar refractivity (Wildman–Crippen MR) is 57.9 cm³/mol. The number of nitrogens with one attached hydrogen (secondary N) is 1. The van der Waals surface area contributed by atoms with Crippen LogP contribution < -0.4 is 5.32 Å². The average Bonchev–Trinajstić information content (AvgIpc) is 2.78. The van der Waals surface area contributed by atoms with Crippen LogP contribution >= 0.6 is 0 Å². The largest absolute Gasteiger partial charge is 0.469 e. The molecule has 0 radical (unpaired) electrons. The van der Waals surface area contributed by atoms with Gasteiger partial charge in [-0.15, -0.1) is 0 Å². The zero-order valence-electron chi connectivity index (χ0n) is 8.87. The monoisotopic (exact) mass is 221 g/mol. The number of ether oxygens (including phenoxy) is 1. The van der Waals surface area contributed by atoms with Crippen molar-refractivity contribution in [3.63, 3.8) is 0 Å². The first-order chi connectivity index (χ1) is 7.70. The quantitative estimate of drug-likeness (QED) is 0.770. The van der Waals surface area contributed by atoms with E-state index >= 15 is 0 Å².